The predicted molar refractivity (Wildman–Crippen MR) is 37.6 cm³/mol. The van der Waals surface area contributed by atoms with Gasteiger partial charge in [0.15, 0.2) is 0 Å². The van der Waals surface area contributed by atoms with Crippen molar-refractivity contribution in [3.05, 3.63) is 29.8 Å². The number of nitrogens with one attached hydrogen (secondary N) is 1. The highest BCUT2D eigenvalue weighted by Crippen LogP contribution is 2.20. The Kier molecular flexibility index (Phi) is 1.01. The molecule has 1 aromatic rings. The molecule has 0 unspecified atom stereocenters. The van der Waals surface area contributed by atoms with E-state index in [1.54, 1.807) is 6.07 Å². The molecule has 1 N–H and O–H groups in total. The van der Waals surface area contributed by atoms with Gasteiger partial charge < -0.3 is 5.32 Å². The normalized spacial score (nSPS) is 14.6. The Morgan fingerprint density at radius 1 is 1.60 bits per heavy atom. The summed E-state index contributed by atoms with van der Waals surface area (Å²) in [4.78, 5) is 10.8. The maximum absolute atomic E-state index is 10.8. The lowest BCUT2D eigenvalue weighted by molar-refractivity contribution is -0.115. The minimum Gasteiger partial charge on any atom is -0.325 e. The summed E-state index contributed by atoms with van der Waals surface area (Å²) in [6.07, 6.45) is 0.507. The molecule has 10 heavy (non-hydrogen) atoms. The van der Waals surface area contributed by atoms with Crippen molar-refractivity contribution in [1.82, 2.24) is 0 Å². The van der Waals surface area contributed by atoms with E-state index in [9.17, 15) is 4.79 Å². The topological polar surface area (TPSA) is 29.1 Å². The fraction of sp³-hybridized carbons (Fsp3) is 0.125. The molecular weight excluding hydrogens is 126 g/mol. The molecule has 1 aromatic carbocycles. The molecule has 2 rings (SSSR count). The number of carbonyl (C=O) groups is 1. The monoisotopic (exact) mass is 132 g/mol. The number of hydrogen-bond acceptors (Lipinski definition) is 1. The number of anilines is 1. The van der Waals surface area contributed by atoms with Crippen molar-refractivity contribution < 1.29 is 4.79 Å². The summed E-state index contributed by atoms with van der Waals surface area (Å²) in [5.41, 5.74) is 1.89. The van der Waals surface area contributed by atoms with Gasteiger partial charge in [-0.3, -0.25) is 4.79 Å². The zero-order chi connectivity index (χ0) is 6.97. The average Bonchev–Trinajstić information content (AvgIpc) is 2.27. The Bertz CT molecular complexity index is 253. The van der Waals surface area contributed by atoms with E-state index in [0.29, 0.717) is 6.42 Å². The van der Waals surface area contributed by atoms with Gasteiger partial charge in [-0.15, -0.1) is 0 Å². The van der Waals surface area contributed by atoms with Crippen molar-refractivity contribution in [1.29, 1.82) is 0 Å². The molecular formula is C8H6NO. The van der Waals surface area contributed by atoms with Crippen molar-refractivity contribution in [2.75, 3.05) is 5.32 Å². The van der Waals surface area contributed by atoms with Crippen LogP contribution in [0.3, 0.4) is 0 Å². The molecule has 0 spiro atoms. The van der Waals surface area contributed by atoms with Crippen LogP contribution in [-0.2, 0) is 11.2 Å². The molecule has 1 radical (unpaired) electrons. The van der Waals surface area contributed by atoms with Crippen LogP contribution in [0.5, 0.6) is 0 Å². The van der Waals surface area contributed by atoms with E-state index in [-0.39, 0.29) is 5.91 Å². The van der Waals surface area contributed by atoms with E-state index in [4.69, 9.17) is 0 Å². The summed E-state index contributed by atoms with van der Waals surface area (Å²) in [7, 11) is 0. The second-order valence-corrected chi connectivity index (χ2v) is 2.30. The number of hydrogen-bond donors (Lipinski definition) is 1. The van der Waals surface area contributed by atoms with Gasteiger partial charge in [-0.25, -0.2) is 0 Å². The van der Waals surface area contributed by atoms with Crippen molar-refractivity contribution >= 4 is 11.6 Å². The van der Waals surface area contributed by atoms with Crippen LogP contribution in [0.1, 0.15) is 5.56 Å². The van der Waals surface area contributed by atoms with Crippen LogP contribution < -0.4 is 5.32 Å². The second-order valence-electron chi connectivity index (χ2n) is 2.30. The molecule has 0 atom stereocenters. The first-order chi connectivity index (χ1) is 4.86. The zero-order valence-corrected chi connectivity index (χ0v) is 5.35. The van der Waals surface area contributed by atoms with Crippen molar-refractivity contribution in [2.45, 2.75) is 6.42 Å². The second kappa shape index (κ2) is 1.84. The SMILES string of the molecule is O=C1Cc2ccc[c]c2N1. The molecule has 1 aliphatic heterocycles. The van der Waals surface area contributed by atoms with E-state index in [2.05, 4.69) is 11.4 Å². The molecule has 0 bridgehead atoms. The number of fused-ring (bicyclic) bond motifs is 1. The van der Waals surface area contributed by atoms with E-state index >= 15 is 0 Å². The first-order valence-electron chi connectivity index (χ1n) is 3.16. The summed E-state index contributed by atoms with van der Waals surface area (Å²) in [5, 5.41) is 2.70. The third kappa shape index (κ3) is 0.692. The number of carbonyl (C=O) groups excluding carboxylic acids is 1. The van der Waals surface area contributed by atoms with Crippen LogP contribution >= 0.6 is 0 Å². The van der Waals surface area contributed by atoms with Gasteiger partial charge >= 0.3 is 0 Å². The molecule has 1 heterocycles. The van der Waals surface area contributed by atoms with Gasteiger partial charge in [0.2, 0.25) is 5.91 Å². The van der Waals surface area contributed by atoms with Crippen LogP contribution in [0.4, 0.5) is 5.69 Å². The fourth-order valence-electron chi connectivity index (χ4n) is 1.09. The van der Waals surface area contributed by atoms with Crippen molar-refractivity contribution in [3.8, 4) is 0 Å². The van der Waals surface area contributed by atoms with Gasteiger partial charge in [0.05, 0.1) is 12.1 Å². The summed E-state index contributed by atoms with van der Waals surface area (Å²) < 4.78 is 0. The Hall–Kier alpha value is -1.31. The van der Waals surface area contributed by atoms with E-state index in [1.807, 2.05) is 12.1 Å². The van der Waals surface area contributed by atoms with Gasteiger partial charge in [0.25, 0.3) is 0 Å². The summed E-state index contributed by atoms with van der Waals surface area (Å²) >= 11 is 0. The first kappa shape index (κ1) is 5.47. The van der Waals surface area contributed by atoms with Crippen LogP contribution in [0.25, 0.3) is 0 Å². The Morgan fingerprint density at radius 2 is 2.50 bits per heavy atom. The largest absolute Gasteiger partial charge is 0.325 e. The molecule has 49 valence electrons. The fourth-order valence-corrected chi connectivity index (χ4v) is 1.09. The van der Waals surface area contributed by atoms with E-state index < -0.39 is 0 Å². The van der Waals surface area contributed by atoms with Gasteiger partial charge in [-0.1, -0.05) is 18.2 Å². The lowest BCUT2D eigenvalue weighted by Crippen LogP contribution is -2.03. The van der Waals surface area contributed by atoms with E-state index in [1.165, 1.54) is 0 Å². The van der Waals surface area contributed by atoms with Crippen molar-refractivity contribution in [2.24, 2.45) is 0 Å². The Balaban J connectivity index is 2.51. The first-order valence-corrected chi connectivity index (χ1v) is 3.16. The highest BCUT2D eigenvalue weighted by molar-refractivity contribution is 5.98. The minimum atomic E-state index is 0.0671. The number of para-hydroxylation sites is 1. The standard InChI is InChI=1S/C8H6NO/c10-8-5-6-3-1-2-4-7(6)9-8/h1-3H,5H2,(H,9,10). The molecule has 0 aromatic heterocycles. The van der Waals surface area contributed by atoms with Crippen LogP contribution in [-0.4, -0.2) is 5.91 Å². The molecule has 0 aliphatic carbocycles. The minimum absolute atomic E-state index is 0.0671. The predicted octanol–water partition coefficient (Wildman–Crippen LogP) is 0.981. The maximum Gasteiger partial charge on any atom is 0.228 e. The highest BCUT2D eigenvalue weighted by Gasteiger charge is 2.15. The van der Waals surface area contributed by atoms with Crippen LogP contribution in [0.15, 0.2) is 18.2 Å². The van der Waals surface area contributed by atoms with Gasteiger partial charge in [0, 0.05) is 6.07 Å². The number of benzene rings is 1. The average molecular weight is 132 g/mol. The third-order valence-electron chi connectivity index (χ3n) is 1.56. The molecule has 0 fully saturated rings. The number of amides is 1. The third-order valence-corrected chi connectivity index (χ3v) is 1.56. The molecule has 2 heteroatoms. The zero-order valence-electron chi connectivity index (χ0n) is 5.35. The van der Waals surface area contributed by atoms with Gasteiger partial charge in [-0.2, -0.15) is 0 Å². The van der Waals surface area contributed by atoms with Gasteiger partial charge in [-0.05, 0) is 5.56 Å². The summed E-state index contributed by atoms with van der Waals surface area (Å²) in [5.74, 6) is 0.0671. The van der Waals surface area contributed by atoms with Crippen LogP contribution in [0, 0.1) is 6.07 Å². The maximum atomic E-state index is 10.8. The Labute approximate surface area is 58.9 Å². The highest BCUT2D eigenvalue weighted by atomic mass is 16.1. The molecule has 1 amide bonds. The van der Waals surface area contributed by atoms with Crippen LogP contribution in [0.2, 0.25) is 0 Å². The van der Waals surface area contributed by atoms with E-state index in [0.717, 1.165) is 11.3 Å². The lowest BCUT2D eigenvalue weighted by Gasteiger charge is -1.92. The lowest BCUT2D eigenvalue weighted by atomic mass is 10.2. The molecule has 0 saturated carbocycles. The Morgan fingerprint density at radius 3 is 3.30 bits per heavy atom. The van der Waals surface area contributed by atoms with Crippen molar-refractivity contribution in [3.63, 3.8) is 0 Å². The number of rotatable bonds is 0. The van der Waals surface area contributed by atoms with Gasteiger partial charge in [0.1, 0.15) is 0 Å². The molecule has 1 aliphatic rings. The smallest absolute Gasteiger partial charge is 0.228 e. The quantitative estimate of drug-likeness (QED) is 0.560. The molecule has 0 saturated heterocycles. The molecule has 2 nitrogen and oxygen atoms in total. The summed E-state index contributed by atoms with van der Waals surface area (Å²) in [6, 6.07) is 8.57. The summed E-state index contributed by atoms with van der Waals surface area (Å²) in [6.45, 7) is 0.